The van der Waals surface area contributed by atoms with Crippen LogP contribution in [0.15, 0.2) is 54.6 Å². The number of benzene rings is 2. The van der Waals surface area contributed by atoms with Crippen molar-refractivity contribution in [3.05, 3.63) is 66.0 Å². The topological polar surface area (TPSA) is 15.7 Å². The lowest BCUT2D eigenvalue weighted by Crippen LogP contribution is -2.49. The first-order valence-electron chi connectivity index (χ1n) is 9.15. The molecule has 3 nitrogen and oxygen atoms in total. The predicted molar refractivity (Wildman–Crippen MR) is 97.1 cm³/mol. The minimum atomic E-state index is -0.219. The zero-order valence-electron chi connectivity index (χ0n) is 14.5. The van der Waals surface area contributed by atoms with Crippen molar-refractivity contribution in [3.63, 3.8) is 0 Å². The third-order valence-electron chi connectivity index (χ3n) is 5.34. The summed E-state index contributed by atoms with van der Waals surface area (Å²) in [4.78, 5) is 5.18. The molecule has 2 aromatic carbocycles. The van der Waals surface area contributed by atoms with E-state index in [1.54, 1.807) is 12.1 Å². The maximum atomic E-state index is 13.0. The number of halogens is 1. The van der Waals surface area contributed by atoms with Gasteiger partial charge in [-0.3, -0.25) is 9.80 Å². The molecule has 132 valence electrons. The summed E-state index contributed by atoms with van der Waals surface area (Å²) in [6, 6.07) is 17.7. The van der Waals surface area contributed by atoms with Gasteiger partial charge in [0, 0.05) is 44.7 Å². The lowest BCUT2D eigenvalue weighted by atomic mass is 10.1. The van der Waals surface area contributed by atoms with Crippen LogP contribution in [-0.2, 0) is 6.54 Å². The highest BCUT2D eigenvalue weighted by atomic mass is 19.1. The Balaban J connectivity index is 1.27. The Hall–Kier alpha value is -1.91. The maximum absolute atomic E-state index is 13.0. The van der Waals surface area contributed by atoms with Gasteiger partial charge in [-0.25, -0.2) is 4.39 Å². The van der Waals surface area contributed by atoms with Crippen LogP contribution in [-0.4, -0.2) is 48.6 Å². The summed E-state index contributed by atoms with van der Waals surface area (Å²) >= 11 is 0. The van der Waals surface area contributed by atoms with E-state index in [1.165, 1.54) is 24.1 Å². The van der Waals surface area contributed by atoms with Gasteiger partial charge in [-0.05, 0) is 36.2 Å². The van der Waals surface area contributed by atoms with E-state index >= 15 is 0 Å². The summed E-state index contributed by atoms with van der Waals surface area (Å²) in [6.07, 6.45) is 1.19. The summed E-state index contributed by atoms with van der Waals surface area (Å²) in [5.41, 5.74) is 1.39. The van der Waals surface area contributed by atoms with Gasteiger partial charge in [-0.1, -0.05) is 30.3 Å². The van der Waals surface area contributed by atoms with Crippen molar-refractivity contribution in [2.45, 2.75) is 19.0 Å². The molecule has 2 fully saturated rings. The minimum Gasteiger partial charge on any atom is -0.493 e. The summed E-state index contributed by atoms with van der Waals surface area (Å²) in [5, 5.41) is 0. The molecule has 0 spiro atoms. The molecule has 0 bridgehead atoms. The Labute approximate surface area is 149 Å². The molecule has 0 saturated carbocycles. The van der Waals surface area contributed by atoms with Crippen LogP contribution in [0.4, 0.5) is 4.39 Å². The van der Waals surface area contributed by atoms with Crippen molar-refractivity contribution in [2.75, 3.05) is 32.8 Å². The molecule has 2 aromatic rings. The van der Waals surface area contributed by atoms with Gasteiger partial charge in [0.1, 0.15) is 11.6 Å². The average molecular weight is 340 g/mol. The first-order chi connectivity index (χ1) is 12.3. The van der Waals surface area contributed by atoms with E-state index in [0.29, 0.717) is 12.0 Å². The number of fused-ring (bicyclic) bond motifs is 1. The molecule has 0 aliphatic carbocycles. The van der Waals surface area contributed by atoms with E-state index < -0.39 is 0 Å². The normalized spacial score (nSPS) is 24.2. The largest absolute Gasteiger partial charge is 0.493 e. The Morgan fingerprint density at radius 2 is 1.76 bits per heavy atom. The maximum Gasteiger partial charge on any atom is 0.123 e. The second-order valence-corrected chi connectivity index (χ2v) is 7.24. The Kier molecular flexibility index (Phi) is 4.99. The monoisotopic (exact) mass is 340 g/mol. The number of rotatable bonds is 5. The van der Waals surface area contributed by atoms with Gasteiger partial charge in [-0.15, -0.1) is 0 Å². The summed E-state index contributed by atoms with van der Waals surface area (Å²) in [6.45, 7) is 6.30. The lowest BCUT2D eigenvalue weighted by molar-refractivity contribution is 0.0986. The van der Waals surface area contributed by atoms with Crippen molar-refractivity contribution >= 4 is 0 Å². The fourth-order valence-electron chi connectivity index (χ4n) is 4.06. The molecule has 2 atom stereocenters. The molecule has 4 rings (SSSR count). The Bertz CT molecular complexity index is 676. The first-order valence-corrected chi connectivity index (χ1v) is 9.15. The van der Waals surface area contributed by atoms with Crippen LogP contribution in [0, 0.1) is 11.7 Å². The zero-order chi connectivity index (χ0) is 17.1. The van der Waals surface area contributed by atoms with Crippen LogP contribution in [0.2, 0.25) is 0 Å². The molecule has 2 aliphatic heterocycles. The summed E-state index contributed by atoms with van der Waals surface area (Å²) in [5.74, 6) is 1.10. The van der Waals surface area contributed by atoms with Gasteiger partial charge in [0.05, 0.1) is 6.61 Å². The first kappa shape index (κ1) is 16.6. The van der Waals surface area contributed by atoms with E-state index in [1.807, 2.05) is 0 Å². The van der Waals surface area contributed by atoms with Crippen LogP contribution < -0.4 is 4.74 Å². The van der Waals surface area contributed by atoms with Crippen LogP contribution >= 0.6 is 0 Å². The van der Waals surface area contributed by atoms with Gasteiger partial charge >= 0.3 is 0 Å². The fraction of sp³-hybridized carbons (Fsp3) is 0.429. The Morgan fingerprint density at radius 3 is 2.56 bits per heavy atom. The predicted octanol–water partition coefficient (Wildman–Crippen LogP) is 3.41. The SMILES string of the molecule is Fc1ccc(OCC2CC3CN(Cc4ccccc4)CCN3C2)cc1. The molecular formula is C21H25FN2O. The second kappa shape index (κ2) is 7.54. The van der Waals surface area contributed by atoms with Gasteiger partial charge in [0.15, 0.2) is 0 Å². The number of hydrogen-bond acceptors (Lipinski definition) is 3. The number of piperazine rings is 1. The molecule has 4 heteroatoms. The van der Waals surface area contributed by atoms with Crippen molar-refractivity contribution in [1.29, 1.82) is 0 Å². The van der Waals surface area contributed by atoms with Crippen molar-refractivity contribution < 1.29 is 9.13 Å². The van der Waals surface area contributed by atoms with Gasteiger partial charge < -0.3 is 4.74 Å². The van der Waals surface area contributed by atoms with Crippen LogP contribution in [0.1, 0.15) is 12.0 Å². The highest BCUT2D eigenvalue weighted by molar-refractivity contribution is 5.22. The average Bonchev–Trinajstić information content (AvgIpc) is 3.04. The van der Waals surface area contributed by atoms with Crippen LogP contribution in [0.5, 0.6) is 5.75 Å². The van der Waals surface area contributed by atoms with E-state index in [2.05, 4.69) is 40.1 Å². The van der Waals surface area contributed by atoms with E-state index in [0.717, 1.165) is 45.1 Å². The third kappa shape index (κ3) is 4.20. The molecule has 2 heterocycles. The molecule has 2 aliphatic rings. The van der Waals surface area contributed by atoms with Crippen LogP contribution in [0.25, 0.3) is 0 Å². The van der Waals surface area contributed by atoms with Gasteiger partial charge in [0.25, 0.3) is 0 Å². The smallest absolute Gasteiger partial charge is 0.123 e. The molecular weight excluding hydrogens is 315 g/mol. The standard InChI is InChI=1S/C21H25FN2O/c22-19-6-8-21(9-7-19)25-16-18-12-20-15-23(10-11-24(20)14-18)13-17-4-2-1-3-5-17/h1-9,18,20H,10-16H2. The molecule has 0 radical (unpaired) electrons. The molecule has 0 N–H and O–H groups in total. The Morgan fingerprint density at radius 1 is 0.960 bits per heavy atom. The molecule has 0 aromatic heterocycles. The second-order valence-electron chi connectivity index (χ2n) is 7.24. The van der Waals surface area contributed by atoms with Crippen LogP contribution in [0.3, 0.4) is 0 Å². The third-order valence-corrected chi connectivity index (χ3v) is 5.34. The quantitative estimate of drug-likeness (QED) is 0.830. The lowest BCUT2D eigenvalue weighted by Gasteiger charge is -2.37. The van der Waals surface area contributed by atoms with Crippen molar-refractivity contribution in [2.24, 2.45) is 5.92 Å². The van der Waals surface area contributed by atoms with Gasteiger partial charge in [0.2, 0.25) is 0 Å². The molecule has 25 heavy (non-hydrogen) atoms. The summed E-state index contributed by atoms with van der Waals surface area (Å²) in [7, 11) is 0. The zero-order valence-corrected chi connectivity index (χ0v) is 14.5. The highest BCUT2D eigenvalue weighted by Crippen LogP contribution is 2.28. The van der Waals surface area contributed by atoms with E-state index in [9.17, 15) is 4.39 Å². The van der Waals surface area contributed by atoms with E-state index in [-0.39, 0.29) is 5.82 Å². The highest BCUT2D eigenvalue weighted by Gasteiger charge is 2.36. The molecule has 2 unspecified atom stereocenters. The van der Waals surface area contributed by atoms with E-state index in [4.69, 9.17) is 4.74 Å². The molecule has 2 saturated heterocycles. The van der Waals surface area contributed by atoms with Gasteiger partial charge in [-0.2, -0.15) is 0 Å². The summed E-state index contributed by atoms with van der Waals surface area (Å²) < 4.78 is 18.8. The number of ether oxygens (including phenoxy) is 1. The number of nitrogens with zero attached hydrogens (tertiary/aromatic N) is 2. The fourth-order valence-corrected chi connectivity index (χ4v) is 4.06. The van der Waals surface area contributed by atoms with Crippen molar-refractivity contribution in [1.82, 2.24) is 9.80 Å². The minimum absolute atomic E-state index is 0.219. The van der Waals surface area contributed by atoms with Crippen molar-refractivity contribution in [3.8, 4) is 5.75 Å². The number of hydrogen-bond donors (Lipinski definition) is 0. The molecule has 0 amide bonds.